The topological polar surface area (TPSA) is 15.3 Å². The third-order valence-electron chi connectivity index (χ3n) is 4.96. The van der Waals surface area contributed by atoms with Crippen molar-refractivity contribution in [3.63, 3.8) is 0 Å². The lowest BCUT2D eigenvalue weighted by atomic mass is 9.75. The monoisotopic (exact) mass is 292 g/mol. The molecule has 3 rings (SSSR count). The van der Waals surface area contributed by atoms with Crippen molar-refractivity contribution in [1.82, 2.24) is 10.2 Å². The molecule has 1 aliphatic heterocycles. The molecule has 1 heterocycles. The Balaban J connectivity index is 1.42. The van der Waals surface area contributed by atoms with E-state index in [1.54, 1.807) is 0 Å². The standard InChI is InChI=1S/C17H25ClN2/c1-2-20-8-6-16(7-9-20)19-17-11-14(12-17)13-4-3-5-15(18)10-13/h3-5,10,14,16-17,19H,2,6-9,11-12H2,1H3. The van der Waals surface area contributed by atoms with Crippen LogP contribution in [-0.2, 0) is 0 Å². The first-order valence-corrected chi connectivity index (χ1v) is 8.36. The Morgan fingerprint density at radius 2 is 1.95 bits per heavy atom. The van der Waals surface area contributed by atoms with Crippen molar-refractivity contribution >= 4 is 11.6 Å². The molecule has 0 atom stereocenters. The predicted molar refractivity (Wildman–Crippen MR) is 85.5 cm³/mol. The zero-order chi connectivity index (χ0) is 13.9. The summed E-state index contributed by atoms with van der Waals surface area (Å²) < 4.78 is 0. The third kappa shape index (κ3) is 3.36. The second-order valence-corrected chi connectivity index (χ2v) is 6.73. The number of benzene rings is 1. The van der Waals surface area contributed by atoms with Gasteiger partial charge in [-0.1, -0.05) is 30.7 Å². The highest BCUT2D eigenvalue weighted by molar-refractivity contribution is 6.30. The quantitative estimate of drug-likeness (QED) is 0.911. The molecule has 1 N–H and O–H groups in total. The Morgan fingerprint density at radius 1 is 1.20 bits per heavy atom. The molecule has 1 saturated heterocycles. The average molecular weight is 293 g/mol. The molecule has 1 saturated carbocycles. The largest absolute Gasteiger partial charge is 0.311 e. The summed E-state index contributed by atoms with van der Waals surface area (Å²) in [5, 5.41) is 4.72. The van der Waals surface area contributed by atoms with Crippen molar-refractivity contribution in [3.05, 3.63) is 34.9 Å². The molecule has 0 amide bonds. The Bertz CT molecular complexity index is 434. The van der Waals surface area contributed by atoms with E-state index in [-0.39, 0.29) is 0 Å². The van der Waals surface area contributed by atoms with Crippen LogP contribution in [0, 0.1) is 0 Å². The van der Waals surface area contributed by atoms with E-state index < -0.39 is 0 Å². The van der Waals surface area contributed by atoms with Crippen molar-refractivity contribution in [1.29, 1.82) is 0 Å². The molecule has 1 aromatic rings. The minimum absolute atomic E-state index is 0.710. The minimum atomic E-state index is 0.710. The summed E-state index contributed by atoms with van der Waals surface area (Å²) >= 11 is 6.07. The van der Waals surface area contributed by atoms with Gasteiger partial charge >= 0.3 is 0 Å². The van der Waals surface area contributed by atoms with Crippen LogP contribution in [0.5, 0.6) is 0 Å². The lowest BCUT2D eigenvalue weighted by molar-refractivity contribution is 0.176. The highest BCUT2D eigenvalue weighted by atomic mass is 35.5. The number of hydrogen-bond acceptors (Lipinski definition) is 2. The first-order valence-electron chi connectivity index (χ1n) is 7.98. The molecule has 110 valence electrons. The van der Waals surface area contributed by atoms with Gasteiger partial charge in [0.2, 0.25) is 0 Å². The first kappa shape index (κ1) is 14.4. The smallest absolute Gasteiger partial charge is 0.0408 e. The van der Waals surface area contributed by atoms with Gasteiger partial charge in [0.05, 0.1) is 0 Å². The zero-order valence-electron chi connectivity index (χ0n) is 12.3. The Morgan fingerprint density at radius 3 is 2.60 bits per heavy atom. The molecule has 0 spiro atoms. The number of likely N-dealkylation sites (tertiary alicyclic amines) is 1. The van der Waals surface area contributed by atoms with Gasteiger partial charge in [-0.05, 0) is 68.9 Å². The SMILES string of the molecule is CCN1CCC(NC2CC(c3cccc(Cl)c3)C2)CC1. The van der Waals surface area contributed by atoms with E-state index in [4.69, 9.17) is 11.6 Å². The molecule has 0 unspecified atom stereocenters. The van der Waals surface area contributed by atoms with Crippen molar-refractivity contribution in [2.24, 2.45) is 0 Å². The first-order chi connectivity index (χ1) is 9.74. The molecule has 1 aromatic carbocycles. The van der Waals surface area contributed by atoms with Crippen LogP contribution in [0.25, 0.3) is 0 Å². The number of halogens is 1. The summed E-state index contributed by atoms with van der Waals surface area (Å²) in [6.45, 7) is 5.99. The van der Waals surface area contributed by atoms with Gasteiger partial charge in [0.1, 0.15) is 0 Å². The van der Waals surface area contributed by atoms with Gasteiger partial charge in [-0.15, -0.1) is 0 Å². The fraction of sp³-hybridized carbons (Fsp3) is 0.647. The van der Waals surface area contributed by atoms with Crippen LogP contribution < -0.4 is 5.32 Å². The highest BCUT2D eigenvalue weighted by Gasteiger charge is 2.32. The van der Waals surface area contributed by atoms with Crippen LogP contribution in [0.1, 0.15) is 44.1 Å². The molecule has 20 heavy (non-hydrogen) atoms. The van der Waals surface area contributed by atoms with Gasteiger partial charge in [-0.25, -0.2) is 0 Å². The fourth-order valence-corrected chi connectivity index (χ4v) is 3.73. The van der Waals surface area contributed by atoms with E-state index >= 15 is 0 Å². The molecule has 2 fully saturated rings. The Kier molecular flexibility index (Phi) is 4.65. The van der Waals surface area contributed by atoms with Crippen LogP contribution >= 0.6 is 11.6 Å². The molecule has 2 nitrogen and oxygen atoms in total. The van der Waals surface area contributed by atoms with Crippen LogP contribution in [0.4, 0.5) is 0 Å². The van der Waals surface area contributed by atoms with Gasteiger partial charge in [-0.2, -0.15) is 0 Å². The Hall–Kier alpha value is -0.570. The molecule has 3 heteroatoms. The van der Waals surface area contributed by atoms with Crippen molar-refractivity contribution in [2.75, 3.05) is 19.6 Å². The maximum absolute atomic E-state index is 6.07. The molecule has 2 aliphatic rings. The second kappa shape index (κ2) is 6.46. The maximum Gasteiger partial charge on any atom is 0.0408 e. The summed E-state index contributed by atoms with van der Waals surface area (Å²) in [7, 11) is 0. The van der Waals surface area contributed by atoms with Crippen LogP contribution in [0.2, 0.25) is 5.02 Å². The number of hydrogen-bond donors (Lipinski definition) is 1. The zero-order valence-corrected chi connectivity index (χ0v) is 13.1. The van der Waals surface area contributed by atoms with Crippen molar-refractivity contribution in [3.8, 4) is 0 Å². The summed E-state index contributed by atoms with van der Waals surface area (Å²) in [5.41, 5.74) is 1.41. The Labute approximate surface area is 127 Å². The molecule has 0 aromatic heterocycles. The van der Waals surface area contributed by atoms with Crippen LogP contribution in [-0.4, -0.2) is 36.6 Å². The number of nitrogens with zero attached hydrogens (tertiary/aromatic N) is 1. The summed E-state index contributed by atoms with van der Waals surface area (Å²) in [5.74, 6) is 0.710. The van der Waals surface area contributed by atoms with E-state index in [1.165, 1.54) is 50.9 Å². The molecular formula is C17H25ClN2. The lowest BCUT2D eigenvalue weighted by Gasteiger charge is -2.41. The summed E-state index contributed by atoms with van der Waals surface area (Å²) in [4.78, 5) is 2.55. The van der Waals surface area contributed by atoms with Gasteiger partial charge in [0.25, 0.3) is 0 Å². The van der Waals surface area contributed by atoms with Crippen LogP contribution in [0.15, 0.2) is 24.3 Å². The average Bonchev–Trinajstić information content (AvgIpc) is 2.43. The maximum atomic E-state index is 6.07. The molecule has 0 bridgehead atoms. The molecule has 1 aliphatic carbocycles. The van der Waals surface area contributed by atoms with E-state index in [9.17, 15) is 0 Å². The number of nitrogens with one attached hydrogen (secondary N) is 1. The van der Waals surface area contributed by atoms with Gasteiger partial charge in [0, 0.05) is 17.1 Å². The van der Waals surface area contributed by atoms with Gasteiger partial charge in [0.15, 0.2) is 0 Å². The normalized spacial score (nSPS) is 28.3. The summed E-state index contributed by atoms with van der Waals surface area (Å²) in [6.07, 6.45) is 5.17. The van der Waals surface area contributed by atoms with Crippen molar-refractivity contribution in [2.45, 2.75) is 50.6 Å². The second-order valence-electron chi connectivity index (χ2n) is 6.30. The van der Waals surface area contributed by atoms with E-state index in [0.29, 0.717) is 5.92 Å². The van der Waals surface area contributed by atoms with E-state index in [0.717, 1.165) is 17.1 Å². The van der Waals surface area contributed by atoms with Crippen molar-refractivity contribution < 1.29 is 0 Å². The number of piperidine rings is 1. The van der Waals surface area contributed by atoms with Gasteiger partial charge < -0.3 is 10.2 Å². The van der Waals surface area contributed by atoms with Gasteiger partial charge in [-0.3, -0.25) is 0 Å². The minimum Gasteiger partial charge on any atom is -0.311 e. The fourth-order valence-electron chi connectivity index (χ4n) is 3.54. The molecular weight excluding hydrogens is 268 g/mol. The summed E-state index contributed by atoms with van der Waals surface area (Å²) in [6, 6.07) is 9.83. The van der Waals surface area contributed by atoms with E-state index in [1.807, 2.05) is 6.07 Å². The number of rotatable bonds is 4. The molecule has 0 radical (unpaired) electrons. The highest BCUT2D eigenvalue weighted by Crippen LogP contribution is 2.38. The third-order valence-corrected chi connectivity index (χ3v) is 5.20. The predicted octanol–water partition coefficient (Wildman–Crippen LogP) is 3.66. The van der Waals surface area contributed by atoms with Crippen LogP contribution in [0.3, 0.4) is 0 Å². The lowest BCUT2D eigenvalue weighted by Crippen LogP contribution is -2.49. The van der Waals surface area contributed by atoms with E-state index in [2.05, 4.69) is 35.3 Å².